The number of nitrogens with zero attached hydrogens (tertiary/aromatic N) is 3. The lowest BCUT2D eigenvalue weighted by Gasteiger charge is -2.48. The van der Waals surface area contributed by atoms with E-state index in [4.69, 9.17) is 5.73 Å². The molecule has 2 heterocycles. The van der Waals surface area contributed by atoms with Gasteiger partial charge in [-0.1, -0.05) is 0 Å². The van der Waals surface area contributed by atoms with Crippen LogP contribution in [-0.4, -0.2) is 39.8 Å². The number of nitrogens with two attached hydrogens (primary N) is 1. The average molecular weight is 373 g/mol. The topological polar surface area (TPSA) is 103 Å². The molecule has 1 atom stereocenters. The van der Waals surface area contributed by atoms with E-state index in [1.54, 1.807) is 6.92 Å². The number of rotatable bonds is 3. The van der Waals surface area contributed by atoms with E-state index < -0.39 is 29.5 Å². The number of halogens is 4. The van der Waals surface area contributed by atoms with Gasteiger partial charge in [0, 0.05) is 31.6 Å². The smallest absolute Gasteiger partial charge is 0.252 e. The number of aliphatic imine (C=N–C) groups is 2. The second kappa shape index (κ2) is 5.34. The first-order valence-corrected chi connectivity index (χ1v) is 8.33. The molecular weight excluding hydrogens is 354 g/mol. The molecule has 1 aromatic heterocycles. The second-order valence-corrected chi connectivity index (χ2v) is 7.25. The summed E-state index contributed by atoms with van der Waals surface area (Å²) in [7, 11) is 0. The molecular formula is C15H19F4N7. The molecule has 142 valence electrons. The summed E-state index contributed by atoms with van der Waals surface area (Å²) in [6.07, 6.45) is 0.0619. The maximum Gasteiger partial charge on any atom is 0.252 e. The fraction of sp³-hybridized carbons (Fsp3) is 0.667. The Hall–Kier alpha value is -2.33. The lowest BCUT2D eigenvalue weighted by molar-refractivity contribution is -0.135. The number of imidazole rings is 1. The number of aromatic amines is 1. The van der Waals surface area contributed by atoms with Crippen LogP contribution in [0, 0.1) is 12.8 Å². The van der Waals surface area contributed by atoms with Crippen LogP contribution >= 0.6 is 0 Å². The van der Waals surface area contributed by atoms with Gasteiger partial charge in [-0.3, -0.25) is 5.32 Å². The van der Waals surface area contributed by atoms with Crippen molar-refractivity contribution in [2.24, 2.45) is 21.6 Å². The van der Waals surface area contributed by atoms with Crippen molar-refractivity contribution in [1.29, 1.82) is 0 Å². The maximum absolute atomic E-state index is 13.5. The highest BCUT2D eigenvalue weighted by Gasteiger charge is 2.58. The summed E-state index contributed by atoms with van der Waals surface area (Å²) in [6.45, 7) is 1.73. The van der Waals surface area contributed by atoms with Gasteiger partial charge in [0.1, 0.15) is 5.82 Å². The lowest BCUT2D eigenvalue weighted by Crippen LogP contribution is -2.65. The van der Waals surface area contributed by atoms with Crippen molar-refractivity contribution in [2.75, 3.05) is 0 Å². The summed E-state index contributed by atoms with van der Waals surface area (Å²) in [5.41, 5.74) is 5.06. The summed E-state index contributed by atoms with van der Waals surface area (Å²) >= 11 is 0. The number of hydrogen-bond acceptors (Lipinski definition) is 4. The van der Waals surface area contributed by atoms with Crippen molar-refractivity contribution in [3.63, 3.8) is 0 Å². The van der Waals surface area contributed by atoms with Crippen molar-refractivity contribution in [3.8, 4) is 0 Å². The number of aryl methyl sites for hydroxylation is 1. The lowest BCUT2D eigenvalue weighted by atomic mass is 9.71. The quantitative estimate of drug-likeness (QED) is 0.604. The van der Waals surface area contributed by atoms with E-state index in [1.165, 1.54) is 6.20 Å². The number of nitrogens with one attached hydrogen (secondary N) is 3. The molecule has 1 unspecified atom stereocenters. The van der Waals surface area contributed by atoms with E-state index >= 15 is 0 Å². The van der Waals surface area contributed by atoms with Crippen LogP contribution in [0.5, 0.6) is 0 Å². The van der Waals surface area contributed by atoms with Crippen LogP contribution in [-0.2, 0) is 5.66 Å². The van der Waals surface area contributed by atoms with E-state index in [2.05, 4.69) is 30.6 Å². The van der Waals surface area contributed by atoms with Gasteiger partial charge >= 0.3 is 0 Å². The first-order valence-electron chi connectivity index (χ1n) is 8.33. The fourth-order valence-electron chi connectivity index (χ4n) is 3.66. The zero-order valence-corrected chi connectivity index (χ0v) is 14.0. The van der Waals surface area contributed by atoms with E-state index in [-0.39, 0.29) is 37.6 Å². The Balaban J connectivity index is 1.66. The van der Waals surface area contributed by atoms with E-state index in [0.29, 0.717) is 11.5 Å². The fourth-order valence-corrected chi connectivity index (χ4v) is 3.66. The van der Waals surface area contributed by atoms with E-state index in [9.17, 15) is 17.6 Å². The Labute approximate surface area is 146 Å². The van der Waals surface area contributed by atoms with Gasteiger partial charge in [0.15, 0.2) is 11.6 Å². The summed E-state index contributed by atoms with van der Waals surface area (Å²) in [5.74, 6) is -5.30. The molecule has 0 bridgehead atoms. The molecule has 2 fully saturated rings. The molecule has 11 heteroatoms. The first-order chi connectivity index (χ1) is 12.1. The van der Waals surface area contributed by atoms with Gasteiger partial charge in [-0.05, 0) is 6.92 Å². The molecule has 7 nitrogen and oxygen atoms in total. The Morgan fingerprint density at radius 3 is 2.35 bits per heavy atom. The number of guanidine groups is 2. The molecule has 1 aromatic rings. The number of aromatic nitrogens is 2. The monoisotopic (exact) mass is 373 g/mol. The number of hydrogen-bond donors (Lipinski definition) is 4. The molecule has 2 saturated carbocycles. The molecule has 0 spiro atoms. The zero-order valence-electron chi connectivity index (χ0n) is 14.0. The van der Waals surface area contributed by atoms with Gasteiger partial charge in [-0.25, -0.2) is 32.5 Å². The van der Waals surface area contributed by atoms with Crippen LogP contribution in [0.4, 0.5) is 17.6 Å². The van der Waals surface area contributed by atoms with Crippen LogP contribution in [0.2, 0.25) is 0 Å². The highest BCUT2D eigenvalue weighted by atomic mass is 19.3. The standard InChI is InChI=1S/C15H19F4N7/c1-7-21-6-10(22-7)15(8-2-13(16,17)3-8)25-11(20)24-12(26-15)23-9-4-14(18,19)5-9/h6,8-9H,2-5H2,1H3,(H,21,22)(H4,20,23,24,25,26). The van der Waals surface area contributed by atoms with Gasteiger partial charge < -0.3 is 16.0 Å². The molecule has 4 rings (SSSR count). The van der Waals surface area contributed by atoms with Crippen LogP contribution in [0.25, 0.3) is 0 Å². The predicted octanol–water partition coefficient (Wildman–Crippen LogP) is 1.58. The van der Waals surface area contributed by atoms with Crippen molar-refractivity contribution < 1.29 is 17.6 Å². The third-order valence-electron chi connectivity index (χ3n) is 5.03. The predicted molar refractivity (Wildman–Crippen MR) is 86.0 cm³/mol. The molecule has 0 saturated heterocycles. The van der Waals surface area contributed by atoms with Gasteiger partial charge in [-0.2, -0.15) is 0 Å². The Kier molecular flexibility index (Phi) is 3.51. The summed E-state index contributed by atoms with van der Waals surface area (Å²) < 4.78 is 53.2. The molecule has 3 aliphatic rings. The van der Waals surface area contributed by atoms with Crippen LogP contribution in [0.3, 0.4) is 0 Å². The van der Waals surface area contributed by atoms with Gasteiger partial charge in [0.2, 0.25) is 11.9 Å². The van der Waals surface area contributed by atoms with Crippen LogP contribution < -0.4 is 16.4 Å². The molecule has 1 aliphatic heterocycles. The molecule has 5 N–H and O–H groups in total. The molecule has 0 radical (unpaired) electrons. The minimum Gasteiger partial charge on any atom is -0.370 e. The molecule has 2 aliphatic carbocycles. The number of H-pyrrole nitrogens is 1. The van der Waals surface area contributed by atoms with Crippen molar-refractivity contribution in [3.05, 3.63) is 17.7 Å². The summed E-state index contributed by atoms with van der Waals surface area (Å²) in [6, 6.07) is -0.560. The molecule has 0 aromatic carbocycles. The minimum atomic E-state index is -2.77. The Bertz CT molecular complexity index is 771. The largest absolute Gasteiger partial charge is 0.370 e. The van der Waals surface area contributed by atoms with Crippen LogP contribution in [0.15, 0.2) is 16.2 Å². The second-order valence-electron chi connectivity index (χ2n) is 7.25. The Morgan fingerprint density at radius 2 is 1.81 bits per heavy atom. The molecule has 26 heavy (non-hydrogen) atoms. The third kappa shape index (κ3) is 2.88. The highest BCUT2D eigenvalue weighted by molar-refractivity contribution is 6.00. The normalized spacial score (nSPS) is 32.2. The Morgan fingerprint density at radius 1 is 1.15 bits per heavy atom. The van der Waals surface area contributed by atoms with Gasteiger partial charge in [-0.15, -0.1) is 0 Å². The SMILES string of the molecule is Cc1ncc(C2(C3CC(F)(F)C3)N=C(N)NC(=NC3CC(F)(F)C3)N2)[nH]1. The van der Waals surface area contributed by atoms with Crippen molar-refractivity contribution in [1.82, 2.24) is 20.6 Å². The van der Waals surface area contributed by atoms with E-state index in [1.807, 2.05) is 0 Å². The van der Waals surface area contributed by atoms with Crippen LogP contribution in [0.1, 0.15) is 37.2 Å². The van der Waals surface area contributed by atoms with Gasteiger partial charge in [0.25, 0.3) is 5.92 Å². The third-order valence-corrected chi connectivity index (χ3v) is 5.03. The average Bonchev–Trinajstić information content (AvgIpc) is 2.89. The first kappa shape index (κ1) is 17.1. The minimum absolute atomic E-state index is 0.0175. The summed E-state index contributed by atoms with van der Waals surface area (Å²) in [5, 5.41) is 5.71. The van der Waals surface area contributed by atoms with Crippen molar-refractivity contribution in [2.45, 2.75) is 56.2 Å². The van der Waals surface area contributed by atoms with E-state index in [0.717, 1.165) is 0 Å². The zero-order chi connectivity index (χ0) is 18.7. The maximum atomic E-state index is 13.5. The van der Waals surface area contributed by atoms with Crippen molar-refractivity contribution >= 4 is 11.9 Å². The van der Waals surface area contributed by atoms with Gasteiger partial charge in [0.05, 0.1) is 17.9 Å². The summed E-state index contributed by atoms with van der Waals surface area (Å²) in [4.78, 5) is 15.7. The number of alkyl halides is 4. The molecule has 0 amide bonds. The highest BCUT2D eigenvalue weighted by Crippen LogP contribution is 2.51.